The van der Waals surface area contributed by atoms with Gasteiger partial charge in [-0.3, -0.25) is 9.59 Å². The zero-order valence-corrected chi connectivity index (χ0v) is 13.4. The van der Waals surface area contributed by atoms with Gasteiger partial charge in [0.05, 0.1) is 12.6 Å². The molecule has 0 bridgehead atoms. The second-order valence-electron chi connectivity index (χ2n) is 6.41. The van der Waals surface area contributed by atoms with Gasteiger partial charge in [0.25, 0.3) is 0 Å². The third-order valence-corrected chi connectivity index (χ3v) is 3.34. The van der Waals surface area contributed by atoms with Gasteiger partial charge in [0.1, 0.15) is 11.3 Å². The molecular weight excluding hydrogens is 280 g/mol. The fraction of sp³-hybridized carbons (Fsp3) is 0.412. The molecule has 22 heavy (non-hydrogen) atoms. The largest absolute Gasteiger partial charge is 0.459 e. The number of amides is 2. The molecule has 118 valence electrons. The number of carbonyl (C=O) groups is 2. The number of para-hydroxylation sites is 1. The van der Waals surface area contributed by atoms with Crippen LogP contribution >= 0.6 is 0 Å². The number of furan rings is 1. The lowest BCUT2D eigenvalue weighted by Gasteiger charge is -2.18. The van der Waals surface area contributed by atoms with E-state index in [1.54, 1.807) is 20.8 Å². The summed E-state index contributed by atoms with van der Waals surface area (Å²) in [6.45, 7) is 7.22. The van der Waals surface area contributed by atoms with Crippen molar-refractivity contribution < 1.29 is 14.0 Å². The van der Waals surface area contributed by atoms with Crippen molar-refractivity contribution in [3.63, 3.8) is 0 Å². The van der Waals surface area contributed by atoms with Crippen molar-refractivity contribution in [2.45, 2.75) is 33.7 Å². The summed E-state index contributed by atoms with van der Waals surface area (Å²) in [5.41, 5.74) is 0.282. The Balaban J connectivity index is 1.92. The van der Waals surface area contributed by atoms with Gasteiger partial charge in [-0.1, -0.05) is 39.0 Å². The average molecular weight is 302 g/mol. The predicted octanol–water partition coefficient (Wildman–Crippen LogP) is 2.77. The second-order valence-corrected chi connectivity index (χ2v) is 6.41. The second kappa shape index (κ2) is 6.22. The first-order valence-corrected chi connectivity index (χ1v) is 7.33. The predicted molar refractivity (Wildman–Crippen MR) is 85.2 cm³/mol. The highest BCUT2D eigenvalue weighted by Crippen LogP contribution is 2.23. The van der Waals surface area contributed by atoms with Crippen LogP contribution in [0.3, 0.4) is 0 Å². The van der Waals surface area contributed by atoms with Gasteiger partial charge >= 0.3 is 0 Å². The van der Waals surface area contributed by atoms with Crippen LogP contribution in [0.25, 0.3) is 11.0 Å². The minimum absolute atomic E-state index is 0.0410. The summed E-state index contributed by atoms with van der Waals surface area (Å²) >= 11 is 0. The van der Waals surface area contributed by atoms with Crippen LogP contribution in [-0.2, 0) is 9.59 Å². The van der Waals surface area contributed by atoms with Crippen molar-refractivity contribution in [1.29, 1.82) is 0 Å². The van der Waals surface area contributed by atoms with E-state index in [0.717, 1.165) is 11.0 Å². The number of benzene rings is 1. The molecule has 1 heterocycles. The van der Waals surface area contributed by atoms with E-state index in [4.69, 9.17) is 4.42 Å². The fourth-order valence-corrected chi connectivity index (χ4v) is 2.01. The van der Waals surface area contributed by atoms with Crippen molar-refractivity contribution in [3.8, 4) is 0 Å². The molecule has 5 heteroatoms. The lowest BCUT2D eigenvalue weighted by Crippen LogP contribution is -2.42. The van der Waals surface area contributed by atoms with Gasteiger partial charge in [-0.15, -0.1) is 0 Å². The molecule has 0 saturated carbocycles. The molecule has 0 radical (unpaired) electrons. The molecule has 0 spiro atoms. The molecule has 1 aromatic heterocycles. The molecular formula is C17H22N2O3. The van der Waals surface area contributed by atoms with E-state index in [-0.39, 0.29) is 24.4 Å². The summed E-state index contributed by atoms with van der Waals surface area (Å²) < 4.78 is 5.71. The zero-order chi connectivity index (χ0) is 16.3. The number of rotatable bonds is 4. The van der Waals surface area contributed by atoms with Crippen molar-refractivity contribution >= 4 is 22.8 Å². The van der Waals surface area contributed by atoms with Gasteiger partial charge < -0.3 is 15.1 Å². The maximum absolute atomic E-state index is 11.9. The lowest BCUT2D eigenvalue weighted by molar-refractivity contribution is -0.131. The molecule has 2 aromatic rings. The highest BCUT2D eigenvalue weighted by atomic mass is 16.3. The van der Waals surface area contributed by atoms with Crippen LogP contribution in [0.1, 0.15) is 39.5 Å². The van der Waals surface area contributed by atoms with Crippen LogP contribution in [0, 0.1) is 5.41 Å². The molecule has 0 aliphatic carbocycles. The molecule has 2 rings (SSSR count). The Hall–Kier alpha value is -2.30. The van der Waals surface area contributed by atoms with Gasteiger partial charge in [-0.25, -0.2) is 0 Å². The minimum atomic E-state index is -0.509. The molecule has 0 aliphatic rings. The molecule has 5 nitrogen and oxygen atoms in total. The number of hydrogen-bond acceptors (Lipinski definition) is 3. The Morgan fingerprint density at radius 1 is 1.23 bits per heavy atom. The van der Waals surface area contributed by atoms with Crippen LogP contribution < -0.4 is 10.6 Å². The third kappa shape index (κ3) is 3.87. The first kappa shape index (κ1) is 16.1. The first-order valence-electron chi connectivity index (χ1n) is 7.33. The summed E-state index contributed by atoms with van der Waals surface area (Å²) in [5.74, 6) is 0.293. The SMILES string of the molecule is C[C@H](NC(=O)CNC(=O)C(C)(C)C)c1cc2ccccc2o1. The van der Waals surface area contributed by atoms with Gasteiger partial charge in [0.15, 0.2) is 0 Å². The van der Waals surface area contributed by atoms with Crippen molar-refractivity contribution in [2.75, 3.05) is 6.54 Å². The summed E-state index contributed by atoms with van der Waals surface area (Å²) in [4.78, 5) is 23.6. The Labute approximate surface area is 130 Å². The number of carbonyl (C=O) groups excluding carboxylic acids is 2. The van der Waals surface area contributed by atoms with Gasteiger partial charge in [-0.2, -0.15) is 0 Å². The van der Waals surface area contributed by atoms with Crippen LogP contribution in [0.5, 0.6) is 0 Å². The standard InChI is InChI=1S/C17H22N2O3/c1-11(14-9-12-7-5-6-8-13(12)22-14)19-15(20)10-18-16(21)17(2,3)4/h5-9,11H,10H2,1-4H3,(H,18,21)(H,19,20)/t11-/m0/s1. The summed E-state index contributed by atoms with van der Waals surface area (Å²) in [6.07, 6.45) is 0. The van der Waals surface area contributed by atoms with Gasteiger partial charge in [0.2, 0.25) is 11.8 Å². The zero-order valence-electron chi connectivity index (χ0n) is 13.4. The van der Waals surface area contributed by atoms with E-state index in [1.807, 2.05) is 37.3 Å². The monoisotopic (exact) mass is 302 g/mol. The highest BCUT2D eigenvalue weighted by Gasteiger charge is 2.22. The van der Waals surface area contributed by atoms with E-state index in [2.05, 4.69) is 10.6 Å². The highest BCUT2D eigenvalue weighted by molar-refractivity contribution is 5.87. The van der Waals surface area contributed by atoms with Crippen LogP contribution in [-0.4, -0.2) is 18.4 Å². The number of fused-ring (bicyclic) bond motifs is 1. The van der Waals surface area contributed by atoms with Gasteiger partial charge in [0, 0.05) is 10.8 Å². The molecule has 2 N–H and O–H groups in total. The third-order valence-electron chi connectivity index (χ3n) is 3.34. The summed E-state index contributed by atoms with van der Waals surface area (Å²) in [6, 6.07) is 9.34. The van der Waals surface area contributed by atoms with Crippen molar-refractivity contribution in [2.24, 2.45) is 5.41 Å². The van der Waals surface area contributed by atoms with E-state index in [1.165, 1.54) is 0 Å². The van der Waals surface area contributed by atoms with Crippen LogP contribution in [0.15, 0.2) is 34.7 Å². The topological polar surface area (TPSA) is 71.3 Å². The lowest BCUT2D eigenvalue weighted by atomic mass is 9.96. The molecule has 0 unspecified atom stereocenters. The molecule has 1 aromatic carbocycles. The average Bonchev–Trinajstić information content (AvgIpc) is 2.87. The molecule has 1 atom stereocenters. The van der Waals surface area contributed by atoms with Crippen LogP contribution in [0.4, 0.5) is 0 Å². The normalized spacial score (nSPS) is 12.9. The summed E-state index contributed by atoms with van der Waals surface area (Å²) in [7, 11) is 0. The molecule has 0 aliphatic heterocycles. The first-order chi connectivity index (χ1) is 10.3. The molecule has 2 amide bonds. The van der Waals surface area contributed by atoms with Crippen molar-refractivity contribution in [1.82, 2.24) is 10.6 Å². The Bertz CT molecular complexity index is 650. The Morgan fingerprint density at radius 2 is 1.91 bits per heavy atom. The smallest absolute Gasteiger partial charge is 0.239 e. The maximum Gasteiger partial charge on any atom is 0.239 e. The van der Waals surface area contributed by atoms with E-state index in [9.17, 15) is 9.59 Å². The molecule has 0 fully saturated rings. The maximum atomic E-state index is 11.9. The van der Waals surface area contributed by atoms with E-state index in [0.29, 0.717) is 5.76 Å². The van der Waals surface area contributed by atoms with Crippen LogP contribution in [0.2, 0.25) is 0 Å². The molecule has 0 saturated heterocycles. The van der Waals surface area contributed by atoms with Crippen molar-refractivity contribution in [3.05, 3.63) is 36.1 Å². The fourth-order valence-electron chi connectivity index (χ4n) is 2.01. The quantitative estimate of drug-likeness (QED) is 0.912. The number of hydrogen-bond donors (Lipinski definition) is 2. The van der Waals surface area contributed by atoms with E-state index < -0.39 is 5.41 Å². The Kier molecular flexibility index (Phi) is 4.54. The minimum Gasteiger partial charge on any atom is -0.459 e. The number of nitrogens with one attached hydrogen (secondary N) is 2. The Morgan fingerprint density at radius 3 is 2.55 bits per heavy atom. The van der Waals surface area contributed by atoms with Gasteiger partial charge in [-0.05, 0) is 19.1 Å². The summed E-state index contributed by atoms with van der Waals surface area (Å²) in [5, 5.41) is 6.44. The van der Waals surface area contributed by atoms with E-state index >= 15 is 0 Å².